The Bertz CT molecular complexity index is 989. The van der Waals surface area contributed by atoms with Crippen LogP contribution in [0.1, 0.15) is 70.3 Å². The van der Waals surface area contributed by atoms with Crippen molar-refractivity contribution in [1.29, 1.82) is 0 Å². The summed E-state index contributed by atoms with van der Waals surface area (Å²) < 4.78 is 48.4. The third-order valence-electron chi connectivity index (χ3n) is 6.20. The van der Waals surface area contributed by atoms with E-state index in [1.807, 2.05) is 71.9 Å². The Balaban J connectivity index is 2.22. The molecule has 0 bridgehead atoms. The highest BCUT2D eigenvalue weighted by molar-refractivity contribution is 6.61. The highest BCUT2D eigenvalue weighted by atomic mass is 28.4. The fraction of sp³-hybridized carbons (Fsp3) is 0.581. The van der Waals surface area contributed by atoms with Crippen molar-refractivity contribution in [2.45, 2.75) is 66.5 Å². The van der Waals surface area contributed by atoms with Crippen LogP contribution < -0.4 is 9.47 Å². The first-order valence-electron chi connectivity index (χ1n) is 15.3. The van der Waals surface area contributed by atoms with Gasteiger partial charge in [0, 0.05) is 57.3 Å². The van der Waals surface area contributed by atoms with Gasteiger partial charge in [-0.3, -0.25) is 4.79 Å². The quantitative estimate of drug-likeness (QED) is 0.0734. The average molecular weight is 623 g/mol. The molecule has 0 aliphatic rings. The van der Waals surface area contributed by atoms with Gasteiger partial charge in [-0.15, -0.1) is 0 Å². The number of carbonyl (C=O) groups is 1. The molecule has 0 unspecified atom stereocenters. The molecular weight excluding hydrogens is 573 g/mol. The molecule has 0 spiro atoms. The molecule has 2 aromatic rings. The molecule has 0 radical (unpaired) electrons. The van der Waals surface area contributed by atoms with E-state index in [0.29, 0.717) is 100 Å². The fourth-order valence-corrected chi connectivity index (χ4v) is 9.80. The van der Waals surface area contributed by atoms with Gasteiger partial charge < -0.3 is 36.0 Å². The number of carbonyl (C=O) groups excluding carboxylic acids is 1. The predicted molar refractivity (Wildman–Crippen MR) is 167 cm³/mol. The van der Waals surface area contributed by atoms with Gasteiger partial charge in [0.25, 0.3) is 0 Å². The summed E-state index contributed by atoms with van der Waals surface area (Å²) in [5, 5.41) is 0. The topological polar surface area (TPSA) is 90.9 Å². The van der Waals surface area contributed by atoms with Gasteiger partial charge in [-0.25, -0.2) is 0 Å². The van der Waals surface area contributed by atoms with Crippen molar-refractivity contribution in [3.8, 4) is 11.5 Å². The monoisotopic (exact) mass is 622 g/mol. The second-order valence-corrected chi connectivity index (χ2v) is 14.7. The lowest BCUT2D eigenvalue weighted by Gasteiger charge is -2.28. The van der Waals surface area contributed by atoms with Crippen LogP contribution in [-0.2, 0) is 26.6 Å². The number of para-hydroxylation sites is 1. The zero-order chi connectivity index (χ0) is 30.7. The molecular formula is C31H50O9Si2. The maximum atomic E-state index is 13.5. The van der Waals surface area contributed by atoms with Crippen LogP contribution in [0.25, 0.3) is 0 Å². The van der Waals surface area contributed by atoms with Gasteiger partial charge in [0.2, 0.25) is 0 Å². The van der Waals surface area contributed by atoms with Crippen LogP contribution in [0.4, 0.5) is 0 Å². The molecule has 0 aliphatic heterocycles. The summed E-state index contributed by atoms with van der Waals surface area (Å²) in [5.41, 5.74) is 1.03. The SMILES string of the molecule is CCO[Si](CCCOc1cccc(C(=O)c2ccccc2)c1OCCC[Si](OCC)(OCC)OCC)(OCC)OCC. The zero-order valence-electron chi connectivity index (χ0n) is 26.3. The third kappa shape index (κ3) is 11.2. The number of benzene rings is 2. The fourth-order valence-electron chi connectivity index (χ4n) is 4.64. The molecule has 9 nitrogen and oxygen atoms in total. The van der Waals surface area contributed by atoms with Crippen molar-refractivity contribution in [3.05, 3.63) is 59.7 Å². The first-order chi connectivity index (χ1) is 20.4. The van der Waals surface area contributed by atoms with Crippen LogP contribution in [-0.4, -0.2) is 76.2 Å². The van der Waals surface area contributed by atoms with E-state index in [1.54, 1.807) is 18.2 Å². The van der Waals surface area contributed by atoms with E-state index >= 15 is 0 Å². The van der Waals surface area contributed by atoms with Gasteiger partial charge in [-0.2, -0.15) is 0 Å². The third-order valence-corrected chi connectivity index (χ3v) is 12.5. The van der Waals surface area contributed by atoms with Crippen molar-refractivity contribution < 1.29 is 40.8 Å². The standard InChI is InChI=1S/C31H50O9Si2/c1-7-35-41(36-8-2,37-9-3)25-17-23-33-29-22-16-21-28(30(32)27-19-14-13-15-20-27)31(29)34-24-18-26-42(38-10-4,39-11-5)40-12-6/h13-16,19-22H,7-12,17-18,23-26H2,1-6H3. The van der Waals surface area contributed by atoms with Crippen LogP contribution in [0.2, 0.25) is 12.1 Å². The molecule has 0 N–H and O–H groups in total. The summed E-state index contributed by atoms with van der Waals surface area (Å²) in [6, 6.07) is 15.8. The van der Waals surface area contributed by atoms with Crippen molar-refractivity contribution >= 4 is 23.4 Å². The smallest absolute Gasteiger partial charge is 0.490 e. The van der Waals surface area contributed by atoms with E-state index in [4.69, 9.17) is 36.0 Å². The van der Waals surface area contributed by atoms with Gasteiger partial charge in [-0.05, 0) is 66.5 Å². The Morgan fingerprint density at radius 1 is 0.571 bits per heavy atom. The lowest BCUT2D eigenvalue weighted by atomic mass is 10.0. The lowest BCUT2D eigenvalue weighted by molar-refractivity contribution is 0.0685. The van der Waals surface area contributed by atoms with Crippen LogP contribution >= 0.6 is 0 Å². The minimum Gasteiger partial charge on any atom is -0.490 e. The first-order valence-corrected chi connectivity index (χ1v) is 19.1. The van der Waals surface area contributed by atoms with Gasteiger partial charge in [0.05, 0.1) is 18.8 Å². The van der Waals surface area contributed by atoms with Gasteiger partial charge >= 0.3 is 17.6 Å². The Hall–Kier alpha value is -2.10. The summed E-state index contributed by atoms with van der Waals surface area (Å²) in [6.07, 6.45) is 1.29. The number of ketones is 1. The van der Waals surface area contributed by atoms with E-state index in [2.05, 4.69) is 0 Å². The molecule has 42 heavy (non-hydrogen) atoms. The normalized spacial score (nSPS) is 12.0. The second-order valence-electron chi connectivity index (χ2n) is 9.20. The van der Waals surface area contributed by atoms with Gasteiger partial charge in [-0.1, -0.05) is 36.4 Å². The highest BCUT2D eigenvalue weighted by Gasteiger charge is 2.40. The average Bonchev–Trinajstić information content (AvgIpc) is 2.99. The summed E-state index contributed by atoms with van der Waals surface area (Å²) in [7, 11) is -5.59. The Labute approximate surface area is 254 Å². The largest absolute Gasteiger partial charge is 0.501 e. The molecule has 0 fully saturated rings. The number of hydrogen-bond donors (Lipinski definition) is 0. The van der Waals surface area contributed by atoms with E-state index in [9.17, 15) is 4.79 Å². The summed E-state index contributed by atoms with van der Waals surface area (Å²) >= 11 is 0. The molecule has 2 aromatic carbocycles. The van der Waals surface area contributed by atoms with Gasteiger partial charge in [0.1, 0.15) is 0 Å². The zero-order valence-corrected chi connectivity index (χ0v) is 28.3. The van der Waals surface area contributed by atoms with E-state index in [0.717, 1.165) is 0 Å². The Morgan fingerprint density at radius 3 is 1.48 bits per heavy atom. The van der Waals surface area contributed by atoms with Gasteiger partial charge in [0.15, 0.2) is 17.3 Å². The first kappa shape index (κ1) is 36.1. The van der Waals surface area contributed by atoms with Crippen molar-refractivity contribution in [2.24, 2.45) is 0 Å². The maximum Gasteiger partial charge on any atom is 0.501 e. The van der Waals surface area contributed by atoms with Crippen molar-refractivity contribution in [3.63, 3.8) is 0 Å². The summed E-state index contributed by atoms with van der Waals surface area (Å²) in [5.74, 6) is 0.801. The van der Waals surface area contributed by atoms with Crippen LogP contribution in [0.5, 0.6) is 11.5 Å². The van der Waals surface area contributed by atoms with E-state index < -0.39 is 17.6 Å². The molecule has 0 aliphatic carbocycles. The molecule has 0 saturated heterocycles. The second kappa shape index (κ2) is 20.0. The van der Waals surface area contributed by atoms with Crippen LogP contribution in [0.15, 0.2) is 48.5 Å². The lowest BCUT2D eigenvalue weighted by Crippen LogP contribution is -2.46. The van der Waals surface area contributed by atoms with E-state index in [-0.39, 0.29) is 5.78 Å². The minimum atomic E-state index is -2.81. The van der Waals surface area contributed by atoms with Crippen molar-refractivity contribution in [2.75, 3.05) is 52.9 Å². The molecule has 0 atom stereocenters. The summed E-state index contributed by atoms with van der Waals surface area (Å²) in [4.78, 5) is 13.5. The molecule has 0 saturated carbocycles. The van der Waals surface area contributed by atoms with Crippen LogP contribution in [0, 0.1) is 0 Å². The van der Waals surface area contributed by atoms with Crippen molar-refractivity contribution in [1.82, 2.24) is 0 Å². The maximum absolute atomic E-state index is 13.5. The highest BCUT2D eigenvalue weighted by Crippen LogP contribution is 2.34. The molecule has 0 amide bonds. The molecule has 11 heteroatoms. The number of ether oxygens (including phenoxy) is 2. The molecule has 0 heterocycles. The van der Waals surface area contributed by atoms with Crippen LogP contribution in [0.3, 0.4) is 0 Å². The molecule has 236 valence electrons. The Morgan fingerprint density at radius 2 is 1.02 bits per heavy atom. The number of rotatable bonds is 24. The predicted octanol–water partition coefficient (Wildman–Crippen LogP) is 6.55. The van der Waals surface area contributed by atoms with E-state index in [1.165, 1.54) is 0 Å². The molecule has 0 aromatic heterocycles. The number of hydrogen-bond acceptors (Lipinski definition) is 9. The minimum absolute atomic E-state index is 0.131. The molecule has 2 rings (SSSR count). The summed E-state index contributed by atoms with van der Waals surface area (Å²) in [6.45, 7) is 15.5. The Kier molecular flexibility index (Phi) is 17.2.